The van der Waals surface area contributed by atoms with Gasteiger partial charge in [0.25, 0.3) is 0 Å². The molecular formula is C12H16BrNO3S. The van der Waals surface area contributed by atoms with Crippen LogP contribution in [0.5, 0.6) is 0 Å². The topological polar surface area (TPSA) is 49.8 Å². The van der Waals surface area contributed by atoms with Crippen molar-refractivity contribution in [3.63, 3.8) is 0 Å². The molecule has 2 rings (SSSR count). The lowest BCUT2D eigenvalue weighted by atomic mass is 10.00. The number of hydrogen-bond acceptors (Lipinski definition) is 3. The first-order valence-electron chi connectivity index (χ1n) is 5.89. The molecule has 0 amide bonds. The summed E-state index contributed by atoms with van der Waals surface area (Å²) in [6, 6.07) is 6.30. The van der Waals surface area contributed by atoms with Gasteiger partial charge in [0.05, 0.1) is 6.61 Å². The summed E-state index contributed by atoms with van der Waals surface area (Å²) in [5, 5.41) is 0. The minimum absolute atomic E-state index is 0.324. The smallest absolute Gasteiger partial charge is 0.299 e. The van der Waals surface area contributed by atoms with E-state index in [2.05, 4.69) is 43.2 Å². The molecule has 1 N–H and O–H groups in total. The molecule has 100 valence electrons. The van der Waals surface area contributed by atoms with E-state index in [0.29, 0.717) is 6.61 Å². The van der Waals surface area contributed by atoms with Crippen LogP contribution in [0.15, 0.2) is 22.7 Å². The molecule has 1 aromatic rings. The molecule has 0 fully saturated rings. The molecule has 1 aromatic carbocycles. The highest BCUT2D eigenvalue weighted by molar-refractivity contribution is 9.10. The van der Waals surface area contributed by atoms with Crippen molar-refractivity contribution in [1.82, 2.24) is 4.90 Å². The van der Waals surface area contributed by atoms with Crippen molar-refractivity contribution >= 4 is 27.3 Å². The summed E-state index contributed by atoms with van der Waals surface area (Å²) >= 11 is 1.45. The maximum atomic E-state index is 10.3. The molecule has 1 atom stereocenters. The second kappa shape index (κ2) is 6.77. The average Bonchev–Trinajstić information content (AvgIpc) is 2.35. The zero-order chi connectivity index (χ0) is 13.0. The fourth-order valence-corrected chi connectivity index (χ4v) is 3.10. The largest absolute Gasteiger partial charge is 0.301 e. The standard InChI is InChI=1S/C12H16BrNO3S/c13-12-4-1-3-10-9-14(7-5-11(10)12)6-2-8-17-18(15)16/h1,3-4H,2,5-9H2,(H,15,16). The van der Waals surface area contributed by atoms with Crippen molar-refractivity contribution in [3.05, 3.63) is 33.8 Å². The van der Waals surface area contributed by atoms with Crippen molar-refractivity contribution in [2.24, 2.45) is 0 Å². The van der Waals surface area contributed by atoms with E-state index in [0.717, 1.165) is 32.5 Å². The molecule has 4 nitrogen and oxygen atoms in total. The monoisotopic (exact) mass is 333 g/mol. The van der Waals surface area contributed by atoms with Crippen molar-refractivity contribution < 1.29 is 12.9 Å². The Morgan fingerprint density at radius 3 is 3.11 bits per heavy atom. The zero-order valence-corrected chi connectivity index (χ0v) is 12.4. The molecule has 1 aliphatic rings. The highest BCUT2D eigenvalue weighted by Gasteiger charge is 2.17. The Labute approximate surface area is 118 Å². The highest BCUT2D eigenvalue weighted by atomic mass is 79.9. The summed E-state index contributed by atoms with van der Waals surface area (Å²) in [4.78, 5) is 2.35. The normalized spacial score (nSPS) is 17.4. The third kappa shape index (κ3) is 3.86. The summed E-state index contributed by atoms with van der Waals surface area (Å²) in [6.45, 7) is 3.18. The molecule has 0 bridgehead atoms. The van der Waals surface area contributed by atoms with Crippen LogP contribution in [-0.2, 0) is 28.5 Å². The van der Waals surface area contributed by atoms with Crippen molar-refractivity contribution in [1.29, 1.82) is 0 Å². The van der Waals surface area contributed by atoms with Crippen LogP contribution in [0.3, 0.4) is 0 Å². The maximum absolute atomic E-state index is 10.3. The molecular weight excluding hydrogens is 318 g/mol. The number of fused-ring (bicyclic) bond motifs is 1. The summed E-state index contributed by atoms with van der Waals surface area (Å²) in [6.07, 6.45) is 1.82. The van der Waals surface area contributed by atoms with Gasteiger partial charge in [0.15, 0.2) is 0 Å². The Kier molecular flexibility index (Phi) is 5.32. The number of halogens is 1. The Morgan fingerprint density at radius 1 is 1.50 bits per heavy atom. The summed E-state index contributed by atoms with van der Waals surface area (Å²) in [7, 11) is 0. The third-order valence-electron chi connectivity index (χ3n) is 3.09. The van der Waals surface area contributed by atoms with Crippen molar-refractivity contribution in [2.75, 3.05) is 19.7 Å². The van der Waals surface area contributed by atoms with Crippen molar-refractivity contribution in [3.8, 4) is 0 Å². The molecule has 0 saturated heterocycles. The van der Waals surface area contributed by atoms with Gasteiger partial charge in [-0.15, -0.1) is 0 Å². The van der Waals surface area contributed by atoms with E-state index in [1.165, 1.54) is 15.6 Å². The SMILES string of the molecule is O=S(O)OCCCN1CCc2c(Br)cccc2C1. The minimum Gasteiger partial charge on any atom is -0.299 e. The quantitative estimate of drug-likeness (QED) is 0.663. The Bertz CT molecular complexity index is 441. The van der Waals surface area contributed by atoms with Gasteiger partial charge >= 0.3 is 11.4 Å². The van der Waals surface area contributed by atoms with Crippen molar-refractivity contribution in [2.45, 2.75) is 19.4 Å². The van der Waals surface area contributed by atoms with Crippen LogP contribution in [0, 0.1) is 0 Å². The Morgan fingerprint density at radius 2 is 2.33 bits per heavy atom. The second-order valence-corrected chi connectivity index (χ2v) is 5.82. The molecule has 0 aromatic heterocycles. The predicted octanol–water partition coefficient (Wildman–Crippen LogP) is 2.35. The molecule has 18 heavy (non-hydrogen) atoms. The number of rotatable bonds is 5. The summed E-state index contributed by atoms with van der Waals surface area (Å²) in [5.41, 5.74) is 2.77. The minimum atomic E-state index is -2.14. The van der Waals surface area contributed by atoms with Gasteiger partial charge < -0.3 is 0 Å². The van der Waals surface area contributed by atoms with Gasteiger partial charge in [0, 0.05) is 24.1 Å². The fourth-order valence-electron chi connectivity index (χ4n) is 2.23. The first-order chi connectivity index (χ1) is 8.66. The van der Waals surface area contributed by atoms with E-state index in [-0.39, 0.29) is 0 Å². The van der Waals surface area contributed by atoms with Gasteiger partial charge in [-0.1, -0.05) is 28.1 Å². The van der Waals surface area contributed by atoms with Crippen LogP contribution >= 0.6 is 15.9 Å². The van der Waals surface area contributed by atoms with Crippen LogP contribution in [0.2, 0.25) is 0 Å². The lowest BCUT2D eigenvalue weighted by molar-refractivity contribution is 0.221. The first kappa shape index (κ1) is 14.1. The zero-order valence-electron chi connectivity index (χ0n) is 9.97. The summed E-state index contributed by atoms with van der Waals surface area (Å²) < 4.78 is 24.6. The van der Waals surface area contributed by atoms with Crippen LogP contribution in [0.4, 0.5) is 0 Å². The van der Waals surface area contributed by atoms with Crippen LogP contribution in [0.25, 0.3) is 0 Å². The Hall–Kier alpha value is -0.270. The van der Waals surface area contributed by atoms with Crippen LogP contribution in [-0.4, -0.2) is 33.4 Å². The molecule has 0 saturated carbocycles. The summed E-state index contributed by atoms with van der Waals surface area (Å²) in [5.74, 6) is 0. The molecule has 6 heteroatoms. The van der Waals surface area contributed by atoms with Crippen LogP contribution < -0.4 is 0 Å². The van der Waals surface area contributed by atoms with Gasteiger partial charge in [-0.2, -0.15) is 4.21 Å². The van der Waals surface area contributed by atoms with Gasteiger partial charge in [-0.25, -0.2) is 0 Å². The lowest BCUT2D eigenvalue weighted by Crippen LogP contribution is -2.32. The third-order valence-corrected chi connectivity index (χ3v) is 4.20. The lowest BCUT2D eigenvalue weighted by Gasteiger charge is -2.29. The van der Waals surface area contributed by atoms with E-state index in [1.54, 1.807) is 0 Å². The second-order valence-electron chi connectivity index (χ2n) is 4.30. The fraction of sp³-hybridized carbons (Fsp3) is 0.500. The van der Waals surface area contributed by atoms with Gasteiger partial charge in [-0.3, -0.25) is 13.6 Å². The number of benzene rings is 1. The molecule has 1 heterocycles. The van der Waals surface area contributed by atoms with E-state index in [4.69, 9.17) is 4.55 Å². The number of nitrogens with zero attached hydrogens (tertiary/aromatic N) is 1. The van der Waals surface area contributed by atoms with E-state index in [9.17, 15) is 4.21 Å². The average molecular weight is 334 g/mol. The van der Waals surface area contributed by atoms with Gasteiger partial charge in [-0.05, 0) is 30.0 Å². The predicted molar refractivity (Wildman–Crippen MR) is 74.5 cm³/mol. The maximum Gasteiger partial charge on any atom is 0.301 e. The molecule has 0 radical (unpaired) electrons. The molecule has 0 spiro atoms. The van der Waals surface area contributed by atoms with Crippen LogP contribution in [0.1, 0.15) is 17.5 Å². The molecule has 0 aliphatic carbocycles. The molecule has 1 aliphatic heterocycles. The van der Waals surface area contributed by atoms with Gasteiger partial charge in [0.1, 0.15) is 0 Å². The van der Waals surface area contributed by atoms with E-state index in [1.807, 2.05) is 0 Å². The molecule has 1 unspecified atom stereocenters. The number of hydrogen-bond donors (Lipinski definition) is 1. The van der Waals surface area contributed by atoms with E-state index < -0.39 is 11.4 Å². The van der Waals surface area contributed by atoms with E-state index >= 15 is 0 Å². The highest BCUT2D eigenvalue weighted by Crippen LogP contribution is 2.26. The van der Waals surface area contributed by atoms with Gasteiger partial charge in [0.2, 0.25) is 0 Å². The Balaban J connectivity index is 1.83. The first-order valence-corrected chi connectivity index (χ1v) is 7.72.